The molecule has 0 saturated carbocycles. The number of hydrogen-bond acceptors (Lipinski definition) is 6. The fourth-order valence-corrected chi connectivity index (χ4v) is 4.95. The quantitative estimate of drug-likeness (QED) is 0.409. The lowest BCUT2D eigenvalue weighted by atomic mass is 10.1. The highest BCUT2D eigenvalue weighted by Gasteiger charge is 2.21. The molecule has 2 heterocycles. The van der Waals surface area contributed by atoms with Crippen molar-refractivity contribution in [1.29, 1.82) is 0 Å². The highest BCUT2D eigenvalue weighted by atomic mass is 32.2. The number of aromatic amines is 1. The Morgan fingerprint density at radius 3 is 2.59 bits per heavy atom. The lowest BCUT2D eigenvalue weighted by molar-refractivity contribution is 0.0977. The molecule has 0 atom stereocenters. The summed E-state index contributed by atoms with van der Waals surface area (Å²) < 4.78 is 25.0. The normalized spacial score (nSPS) is 11.6. The number of nitrogens with one attached hydrogen (secondary N) is 2. The standard InChI is InChI=1S/C23H24N4O3S2/c1-16-21(22(28)26-32(2,29)30)25-23(31-16)27(15-17-8-4-3-5-9-17)13-12-18-14-24-20-11-7-6-10-19(18)20/h3-11,14,24H,12-13,15H2,1-2H3,(H,26,28). The van der Waals surface area contributed by atoms with Gasteiger partial charge in [-0.25, -0.2) is 18.1 Å². The fraction of sp³-hybridized carbons (Fsp3) is 0.217. The largest absolute Gasteiger partial charge is 0.361 e. The van der Waals surface area contributed by atoms with E-state index < -0.39 is 15.9 Å². The molecule has 32 heavy (non-hydrogen) atoms. The summed E-state index contributed by atoms with van der Waals surface area (Å²) in [6, 6.07) is 18.2. The molecule has 166 valence electrons. The van der Waals surface area contributed by atoms with Crippen LogP contribution in [0, 0.1) is 6.92 Å². The van der Waals surface area contributed by atoms with Crippen molar-refractivity contribution >= 4 is 43.3 Å². The van der Waals surface area contributed by atoms with Gasteiger partial charge in [-0.3, -0.25) is 4.79 Å². The van der Waals surface area contributed by atoms with Crippen LogP contribution in [0.1, 0.15) is 26.5 Å². The first-order valence-electron chi connectivity index (χ1n) is 10.1. The number of sulfonamides is 1. The van der Waals surface area contributed by atoms with Crippen LogP contribution in [0.5, 0.6) is 0 Å². The van der Waals surface area contributed by atoms with E-state index in [1.54, 1.807) is 6.92 Å². The van der Waals surface area contributed by atoms with E-state index >= 15 is 0 Å². The molecule has 0 unspecified atom stereocenters. The average Bonchev–Trinajstić information content (AvgIpc) is 3.34. The van der Waals surface area contributed by atoms with Gasteiger partial charge in [-0.1, -0.05) is 48.5 Å². The topological polar surface area (TPSA) is 95.2 Å². The number of amides is 1. The highest BCUT2D eigenvalue weighted by molar-refractivity contribution is 7.89. The maximum absolute atomic E-state index is 12.4. The van der Waals surface area contributed by atoms with Gasteiger partial charge in [0.25, 0.3) is 5.91 Å². The maximum atomic E-state index is 12.4. The minimum absolute atomic E-state index is 0.139. The van der Waals surface area contributed by atoms with Crippen molar-refractivity contribution in [2.45, 2.75) is 19.9 Å². The molecular weight excluding hydrogens is 444 g/mol. The number of aryl methyl sites for hydroxylation is 1. The summed E-state index contributed by atoms with van der Waals surface area (Å²) in [5.41, 5.74) is 3.57. The summed E-state index contributed by atoms with van der Waals surface area (Å²) in [6.07, 6.45) is 3.78. The van der Waals surface area contributed by atoms with Crippen LogP contribution in [-0.4, -0.2) is 37.1 Å². The summed E-state index contributed by atoms with van der Waals surface area (Å²) in [5, 5.41) is 1.88. The van der Waals surface area contributed by atoms with Gasteiger partial charge in [-0.15, -0.1) is 11.3 Å². The molecule has 0 aliphatic heterocycles. The van der Waals surface area contributed by atoms with Crippen LogP contribution in [0.15, 0.2) is 60.8 Å². The predicted octanol–water partition coefficient (Wildman–Crippen LogP) is 3.87. The Morgan fingerprint density at radius 1 is 1.12 bits per heavy atom. The molecule has 2 aromatic carbocycles. The highest BCUT2D eigenvalue weighted by Crippen LogP contribution is 2.28. The number of para-hydroxylation sites is 1. The summed E-state index contributed by atoms with van der Waals surface area (Å²) >= 11 is 1.39. The van der Waals surface area contributed by atoms with Crippen LogP contribution in [0.3, 0.4) is 0 Å². The molecule has 0 saturated heterocycles. The van der Waals surface area contributed by atoms with E-state index in [1.807, 2.05) is 41.3 Å². The van der Waals surface area contributed by atoms with Crippen molar-refractivity contribution < 1.29 is 13.2 Å². The molecule has 0 bridgehead atoms. The number of benzene rings is 2. The first-order chi connectivity index (χ1) is 15.3. The van der Waals surface area contributed by atoms with Crippen molar-refractivity contribution in [1.82, 2.24) is 14.7 Å². The molecule has 2 aromatic heterocycles. The summed E-state index contributed by atoms with van der Waals surface area (Å²) in [4.78, 5) is 23.0. The summed E-state index contributed by atoms with van der Waals surface area (Å²) in [5.74, 6) is -0.705. The Hall–Kier alpha value is -3.17. The third-order valence-electron chi connectivity index (χ3n) is 5.09. The number of nitrogens with zero attached hydrogens (tertiary/aromatic N) is 2. The van der Waals surface area contributed by atoms with Gasteiger partial charge in [0.1, 0.15) is 5.69 Å². The molecule has 0 aliphatic carbocycles. The summed E-state index contributed by atoms with van der Waals surface area (Å²) in [6.45, 7) is 3.10. The molecule has 0 radical (unpaired) electrons. The Morgan fingerprint density at radius 2 is 1.84 bits per heavy atom. The van der Waals surface area contributed by atoms with E-state index in [0.717, 1.165) is 23.8 Å². The van der Waals surface area contributed by atoms with Crippen LogP contribution in [-0.2, 0) is 23.0 Å². The minimum atomic E-state index is -3.66. The number of hydrogen-bond donors (Lipinski definition) is 2. The Bertz CT molecular complexity index is 1340. The van der Waals surface area contributed by atoms with Gasteiger partial charge in [0.15, 0.2) is 5.13 Å². The number of carbonyl (C=O) groups is 1. The predicted molar refractivity (Wildman–Crippen MR) is 129 cm³/mol. The summed E-state index contributed by atoms with van der Waals surface area (Å²) in [7, 11) is -3.66. The van der Waals surface area contributed by atoms with Gasteiger partial charge >= 0.3 is 0 Å². The van der Waals surface area contributed by atoms with Gasteiger partial charge in [0.2, 0.25) is 10.0 Å². The van der Waals surface area contributed by atoms with E-state index in [1.165, 1.54) is 22.3 Å². The van der Waals surface area contributed by atoms with Gasteiger partial charge in [0.05, 0.1) is 6.26 Å². The molecule has 0 spiro atoms. The molecule has 2 N–H and O–H groups in total. The van der Waals surface area contributed by atoms with Crippen molar-refractivity contribution in [3.63, 3.8) is 0 Å². The molecule has 0 aliphatic rings. The van der Waals surface area contributed by atoms with Crippen molar-refractivity contribution in [3.8, 4) is 0 Å². The van der Waals surface area contributed by atoms with E-state index in [9.17, 15) is 13.2 Å². The van der Waals surface area contributed by atoms with Crippen molar-refractivity contribution in [2.75, 3.05) is 17.7 Å². The second-order valence-electron chi connectivity index (χ2n) is 7.62. The second kappa shape index (κ2) is 9.13. The Labute approximate surface area is 191 Å². The molecule has 4 rings (SSSR count). The molecular formula is C23H24N4O3S2. The van der Waals surface area contributed by atoms with Crippen molar-refractivity contribution in [3.05, 3.63) is 82.5 Å². The number of carbonyl (C=O) groups excluding carboxylic acids is 1. The third kappa shape index (κ3) is 5.17. The number of H-pyrrole nitrogens is 1. The third-order valence-corrected chi connectivity index (χ3v) is 6.68. The van der Waals surface area contributed by atoms with Crippen LogP contribution in [0.4, 0.5) is 5.13 Å². The number of fused-ring (bicyclic) bond motifs is 1. The monoisotopic (exact) mass is 468 g/mol. The first-order valence-corrected chi connectivity index (χ1v) is 12.8. The lowest BCUT2D eigenvalue weighted by Gasteiger charge is -2.22. The molecule has 4 aromatic rings. The number of rotatable bonds is 8. The van der Waals surface area contributed by atoms with Crippen molar-refractivity contribution in [2.24, 2.45) is 0 Å². The van der Waals surface area contributed by atoms with E-state index in [-0.39, 0.29) is 5.69 Å². The van der Waals surface area contributed by atoms with Gasteiger partial charge in [-0.05, 0) is 30.5 Å². The zero-order valence-corrected chi connectivity index (χ0v) is 19.5. The zero-order valence-electron chi connectivity index (χ0n) is 17.8. The molecule has 1 amide bonds. The smallest absolute Gasteiger partial charge is 0.284 e. The van der Waals surface area contributed by atoms with Gasteiger partial charge < -0.3 is 9.88 Å². The number of anilines is 1. The average molecular weight is 469 g/mol. The van der Waals surface area contributed by atoms with Gasteiger partial charge in [-0.2, -0.15) is 0 Å². The Balaban J connectivity index is 1.61. The van der Waals surface area contributed by atoms with Crippen LogP contribution in [0.25, 0.3) is 10.9 Å². The van der Waals surface area contributed by atoms with Crippen LogP contribution < -0.4 is 9.62 Å². The fourth-order valence-electron chi connectivity index (χ4n) is 3.59. The Kier molecular flexibility index (Phi) is 6.29. The second-order valence-corrected chi connectivity index (χ2v) is 10.6. The molecule has 7 nitrogen and oxygen atoms in total. The lowest BCUT2D eigenvalue weighted by Crippen LogP contribution is -2.30. The minimum Gasteiger partial charge on any atom is -0.361 e. The van der Waals surface area contributed by atoms with E-state index in [4.69, 9.17) is 0 Å². The first kappa shape index (κ1) is 22.0. The zero-order chi connectivity index (χ0) is 22.7. The number of aromatic nitrogens is 2. The number of thiazole rings is 1. The SMILES string of the molecule is Cc1sc(N(CCc2c[nH]c3ccccc23)Cc2ccccc2)nc1C(=O)NS(C)(=O)=O. The molecule has 9 heteroatoms. The van der Waals surface area contributed by atoms with E-state index in [0.29, 0.717) is 23.1 Å². The van der Waals surface area contributed by atoms with Gasteiger partial charge in [0, 0.05) is 35.1 Å². The van der Waals surface area contributed by atoms with Crippen LogP contribution >= 0.6 is 11.3 Å². The van der Waals surface area contributed by atoms with E-state index in [2.05, 4.69) is 39.1 Å². The molecule has 0 fully saturated rings. The van der Waals surface area contributed by atoms with Crippen LogP contribution in [0.2, 0.25) is 0 Å². The maximum Gasteiger partial charge on any atom is 0.284 e.